The lowest BCUT2D eigenvalue weighted by Crippen LogP contribution is -1.90. The van der Waals surface area contributed by atoms with Crippen LogP contribution < -0.4 is 0 Å². The van der Waals surface area contributed by atoms with Crippen molar-refractivity contribution in [1.29, 1.82) is 0 Å². The van der Waals surface area contributed by atoms with Gasteiger partial charge in [0.15, 0.2) is 0 Å². The number of nitrogens with zero attached hydrogens (tertiary/aromatic N) is 1. The summed E-state index contributed by atoms with van der Waals surface area (Å²) in [5.74, 6) is 0. The van der Waals surface area contributed by atoms with Crippen LogP contribution in [-0.4, -0.2) is 4.92 Å². The van der Waals surface area contributed by atoms with Crippen molar-refractivity contribution < 1.29 is 4.92 Å². The molecule has 0 amide bonds. The van der Waals surface area contributed by atoms with E-state index in [1.807, 2.05) is 0 Å². The Morgan fingerprint density at radius 1 is 2.00 bits per heavy atom. The summed E-state index contributed by atoms with van der Waals surface area (Å²) in [6, 6.07) is 0. The molecule has 0 saturated heterocycles. The Kier molecular flexibility index (Phi) is 2.37. The third-order valence-corrected chi connectivity index (χ3v) is 0.762. The highest BCUT2D eigenvalue weighted by atomic mass is 35.5. The smallest absolute Gasteiger partial charge is 0.254 e. The molecule has 0 rings (SSSR count). The minimum atomic E-state index is -0.549. The van der Waals surface area contributed by atoms with Gasteiger partial charge in [0.2, 0.25) is 0 Å². The topological polar surface area (TPSA) is 43.1 Å². The molecule has 0 spiro atoms. The quantitative estimate of drug-likeness (QED) is 0.388. The summed E-state index contributed by atoms with van der Waals surface area (Å²) in [7, 11) is 0. The van der Waals surface area contributed by atoms with Crippen molar-refractivity contribution in [3.63, 3.8) is 0 Å². The number of nitro groups is 1. The fourth-order valence-electron chi connectivity index (χ4n) is 0.0398. The van der Waals surface area contributed by atoms with Crippen molar-refractivity contribution in [2.75, 3.05) is 0 Å². The monoisotopic (exact) mass is 121 g/mol. The van der Waals surface area contributed by atoms with Crippen LogP contribution in [0.1, 0.15) is 6.92 Å². The largest absolute Gasteiger partial charge is 0.259 e. The Hall–Kier alpha value is -0.570. The van der Waals surface area contributed by atoms with Crippen LogP contribution >= 0.6 is 11.6 Å². The molecule has 0 aliphatic carbocycles. The van der Waals surface area contributed by atoms with Gasteiger partial charge in [-0.1, -0.05) is 11.6 Å². The number of hydrogen-bond donors (Lipinski definition) is 0. The van der Waals surface area contributed by atoms with Gasteiger partial charge in [0.25, 0.3) is 5.70 Å². The molecular formula is C3H4ClNO2. The van der Waals surface area contributed by atoms with E-state index in [0.29, 0.717) is 0 Å². The molecule has 0 aromatic rings. The molecule has 0 N–H and O–H groups in total. The van der Waals surface area contributed by atoms with E-state index in [-0.39, 0.29) is 5.70 Å². The number of rotatable bonds is 1. The molecule has 0 radical (unpaired) electrons. The van der Waals surface area contributed by atoms with E-state index in [9.17, 15) is 10.1 Å². The molecule has 40 valence electrons. The van der Waals surface area contributed by atoms with E-state index in [2.05, 4.69) is 0 Å². The third-order valence-electron chi connectivity index (χ3n) is 0.446. The van der Waals surface area contributed by atoms with Crippen LogP contribution in [0.5, 0.6) is 0 Å². The van der Waals surface area contributed by atoms with Crippen LogP contribution in [-0.2, 0) is 0 Å². The van der Waals surface area contributed by atoms with Gasteiger partial charge in [-0.3, -0.25) is 10.1 Å². The first-order chi connectivity index (χ1) is 3.18. The van der Waals surface area contributed by atoms with E-state index in [4.69, 9.17) is 11.6 Å². The first-order valence-electron chi connectivity index (χ1n) is 1.60. The van der Waals surface area contributed by atoms with Crippen LogP contribution in [0.25, 0.3) is 0 Å². The molecule has 0 aliphatic rings. The van der Waals surface area contributed by atoms with Crippen molar-refractivity contribution in [2.24, 2.45) is 0 Å². The van der Waals surface area contributed by atoms with Gasteiger partial charge in [0.1, 0.15) is 0 Å². The predicted octanol–water partition coefficient (Wildman–Crippen LogP) is 1.36. The maximum absolute atomic E-state index is 9.58. The van der Waals surface area contributed by atoms with Gasteiger partial charge in [0, 0.05) is 6.92 Å². The molecule has 3 nitrogen and oxygen atoms in total. The summed E-state index contributed by atoms with van der Waals surface area (Å²) in [6.07, 6.45) is 0. The fraction of sp³-hybridized carbons (Fsp3) is 0.333. The molecule has 0 aromatic heterocycles. The Morgan fingerprint density at radius 2 is 2.43 bits per heavy atom. The number of halogens is 1. The molecule has 0 heterocycles. The average molecular weight is 122 g/mol. The van der Waals surface area contributed by atoms with Gasteiger partial charge in [0.05, 0.1) is 10.5 Å². The number of allylic oxidation sites excluding steroid dienone is 1. The van der Waals surface area contributed by atoms with Gasteiger partial charge in [-0.25, -0.2) is 0 Å². The molecule has 0 bridgehead atoms. The highest BCUT2D eigenvalue weighted by Gasteiger charge is 1.96. The first-order valence-corrected chi connectivity index (χ1v) is 2.03. The lowest BCUT2D eigenvalue weighted by molar-refractivity contribution is -0.424. The molecular weight excluding hydrogens is 117 g/mol. The third kappa shape index (κ3) is 2.17. The zero-order valence-electron chi connectivity index (χ0n) is 3.72. The second kappa shape index (κ2) is 2.58. The van der Waals surface area contributed by atoms with E-state index in [1.54, 1.807) is 0 Å². The first kappa shape index (κ1) is 6.43. The normalized spacial score (nSPS) is 11.4. The molecule has 0 atom stereocenters. The summed E-state index contributed by atoms with van der Waals surface area (Å²) in [5.41, 5.74) is 0.890. The molecule has 0 fully saturated rings. The molecule has 0 aromatic carbocycles. The van der Waals surface area contributed by atoms with Crippen molar-refractivity contribution in [3.05, 3.63) is 21.3 Å². The second-order valence-electron chi connectivity index (χ2n) is 1.01. The van der Waals surface area contributed by atoms with Crippen LogP contribution in [0.15, 0.2) is 11.2 Å². The van der Waals surface area contributed by atoms with Crippen LogP contribution in [0.2, 0.25) is 0 Å². The highest BCUT2D eigenvalue weighted by Crippen LogP contribution is 1.93. The zero-order valence-corrected chi connectivity index (χ0v) is 4.47. The summed E-state index contributed by atoms with van der Waals surface area (Å²) in [6.45, 7) is 1.33. The van der Waals surface area contributed by atoms with Crippen molar-refractivity contribution in [3.8, 4) is 0 Å². The van der Waals surface area contributed by atoms with E-state index < -0.39 is 4.92 Å². The lowest BCUT2D eigenvalue weighted by atomic mass is 10.6. The summed E-state index contributed by atoms with van der Waals surface area (Å²) >= 11 is 4.94. The van der Waals surface area contributed by atoms with Crippen molar-refractivity contribution in [2.45, 2.75) is 6.92 Å². The molecule has 0 aliphatic heterocycles. The minimum Gasteiger partial charge on any atom is -0.259 e. The van der Waals surface area contributed by atoms with Crippen molar-refractivity contribution in [1.82, 2.24) is 0 Å². The van der Waals surface area contributed by atoms with Crippen molar-refractivity contribution >= 4 is 11.6 Å². The predicted molar refractivity (Wildman–Crippen MR) is 26.6 cm³/mol. The van der Waals surface area contributed by atoms with E-state index in [0.717, 1.165) is 5.54 Å². The Labute approximate surface area is 45.7 Å². The second-order valence-corrected chi connectivity index (χ2v) is 1.23. The summed E-state index contributed by atoms with van der Waals surface area (Å²) in [5, 5.41) is 9.58. The molecule has 7 heavy (non-hydrogen) atoms. The van der Waals surface area contributed by atoms with Gasteiger partial charge >= 0.3 is 0 Å². The maximum Gasteiger partial charge on any atom is 0.254 e. The Bertz CT molecular complexity index is 110. The van der Waals surface area contributed by atoms with Gasteiger partial charge < -0.3 is 0 Å². The molecule has 0 unspecified atom stereocenters. The standard InChI is InChI=1S/C3H4ClNO2/c1-3(2-4)5(6)7/h2H,1H3. The average Bonchev–Trinajstić information content (AvgIpc) is 1.65. The molecule has 0 saturated carbocycles. The summed E-state index contributed by atoms with van der Waals surface area (Å²) in [4.78, 5) is 9.03. The minimum absolute atomic E-state index is 0.0401. The fourth-order valence-corrected chi connectivity index (χ4v) is 0.120. The molecule has 4 heteroatoms. The van der Waals surface area contributed by atoms with Gasteiger partial charge in [-0.15, -0.1) is 0 Å². The van der Waals surface area contributed by atoms with E-state index >= 15 is 0 Å². The van der Waals surface area contributed by atoms with E-state index in [1.165, 1.54) is 6.92 Å². The van der Waals surface area contributed by atoms with Crippen LogP contribution in [0.3, 0.4) is 0 Å². The Balaban J connectivity index is 3.82. The van der Waals surface area contributed by atoms with Gasteiger partial charge in [-0.2, -0.15) is 0 Å². The van der Waals surface area contributed by atoms with Crippen LogP contribution in [0, 0.1) is 10.1 Å². The SMILES string of the molecule is CC(=CCl)[N+](=O)[O-]. The van der Waals surface area contributed by atoms with Crippen LogP contribution in [0.4, 0.5) is 0 Å². The summed E-state index contributed by atoms with van der Waals surface area (Å²) < 4.78 is 0. The van der Waals surface area contributed by atoms with Gasteiger partial charge in [-0.05, 0) is 0 Å². The highest BCUT2D eigenvalue weighted by molar-refractivity contribution is 6.25. The maximum atomic E-state index is 9.58. The zero-order chi connectivity index (χ0) is 5.86. The number of hydrogen-bond acceptors (Lipinski definition) is 2. The lowest BCUT2D eigenvalue weighted by Gasteiger charge is -1.80. The Morgan fingerprint density at radius 3 is 2.43 bits per heavy atom.